The number of aliphatic imine (C=N–C) groups is 1. The molecule has 0 aliphatic rings. The molecule has 0 unspecified atom stereocenters. The first-order valence-corrected chi connectivity index (χ1v) is 2.60. The van der Waals surface area contributed by atoms with Gasteiger partial charge in [-0.15, -0.1) is 0 Å². The highest BCUT2D eigenvalue weighted by Gasteiger charge is 1.58. The molecule has 1 N–H and O–H groups in total. The van der Waals surface area contributed by atoms with Gasteiger partial charge in [0.25, 0.3) is 0 Å². The first kappa shape index (κ1) is 7.93. The second kappa shape index (κ2) is 6.93. The van der Waals surface area contributed by atoms with E-state index in [1.807, 2.05) is 0 Å². The van der Waals surface area contributed by atoms with Gasteiger partial charge >= 0.3 is 0 Å². The molecular formula is C7H9NO. The van der Waals surface area contributed by atoms with Crippen LogP contribution in [0.2, 0.25) is 0 Å². The molecule has 0 fully saturated rings. The Labute approximate surface area is 54.5 Å². The molecule has 0 aliphatic carbocycles. The number of hydrogen-bond donors (Lipinski definition) is 1. The highest BCUT2D eigenvalue weighted by atomic mass is 16.2. The van der Waals surface area contributed by atoms with Crippen LogP contribution < -0.4 is 0 Å². The molecule has 0 spiro atoms. The average molecular weight is 123 g/mol. The summed E-state index contributed by atoms with van der Waals surface area (Å²) in [7, 11) is 1.62. The smallest absolute Gasteiger partial charge is 0.0615 e. The van der Waals surface area contributed by atoms with Gasteiger partial charge in [0, 0.05) is 12.9 Å². The molecule has 48 valence electrons. The summed E-state index contributed by atoms with van der Waals surface area (Å²) in [6.07, 6.45) is 4.91. The third-order valence-corrected chi connectivity index (χ3v) is 0.597. The molecule has 0 radical (unpaired) electrons. The van der Waals surface area contributed by atoms with Crippen LogP contribution in [0.3, 0.4) is 0 Å². The summed E-state index contributed by atoms with van der Waals surface area (Å²) in [4.78, 5) is 3.54. The van der Waals surface area contributed by atoms with Gasteiger partial charge in [-0.1, -0.05) is 17.9 Å². The lowest BCUT2D eigenvalue weighted by atomic mass is 10.5. The third-order valence-electron chi connectivity index (χ3n) is 0.597. The zero-order chi connectivity index (χ0) is 6.95. The first-order chi connectivity index (χ1) is 4.41. The SMILES string of the molecule is CN=C=C=C/C=C\CO. The lowest BCUT2D eigenvalue weighted by molar-refractivity contribution is 0.343. The molecular weight excluding hydrogens is 114 g/mol. The predicted octanol–water partition coefficient (Wildman–Crippen LogP) is 0.546. The van der Waals surface area contributed by atoms with Gasteiger partial charge in [-0.3, -0.25) is 0 Å². The summed E-state index contributed by atoms with van der Waals surface area (Å²) < 4.78 is 0. The molecule has 0 saturated carbocycles. The van der Waals surface area contributed by atoms with Gasteiger partial charge in [-0.25, -0.2) is 4.99 Å². The van der Waals surface area contributed by atoms with E-state index in [9.17, 15) is 0 Å². The van der Waals surface area contributed by atoms with Crippen LogP contribution in [0.25, 0.3) is 0 Å². The highest BCUT2D eigenvalue weighted by molar-refractivity contribution is 5.50. The van der Waals surface area contributed by atoms with Crippen molar-refractivity contribution in [1.82, 2.24) is 0 Å². The Morgan fingerprint density at radius 2 is 2.44 bits per heavy atom. The molecule has 0 aliphatic heterocycles. The zero-order valence-corrected chi connectivity index (χ0v) is 5.33. The van der Waals surface area contributed by atoms with Crippen molar-refractivity contribution in [2.75, 3.05) is 13.7 Å². The fraction of sp³-hybridized carbons (Fsp3) is 0.286. The van der Waals surface area contributed by atoms with E-state index in [2.05, 4.69) is 16.6 Å². The van der Waals surface area contributed by atoms with Crippen LogP contribution in [0.4, 0.5) is 0 Å². The minimum Gasteiger partial charge on any atom is -0.392 e. The second-order valence-corrected chi connectivity index (χ2v) is 1.26. The van der Waals surface area contributed by atoms with E-state index in [-0.39, 0.29) is 6.61 Å². The minimum atomic E-state index is 0.0570. The van der Waals surface area contributed by atoms with Crippen molar-refractivity contribution in [3.8, 4) is 0 Å². The average Bonchev–Trinajstić information content (AvgIpc) is 1.89. The van der Waals surface area contributed by atoms with Crippen molar-refractivity contribution in [2.24, 2.45) is 4.99 Å². The molecule has 0 heterocycles. The maximum absolute atomic E-state index is 8.24. The van der Waals surface area contributed by atoms with Gasteiger partial charge < -0.3 is 5.11 Å². The van der Waals surface area contributed by atoms with Gasteiger partial charge in [0.1, 0.15) is 0 Å². The van der Waals surface area contributed by atoms with E-state index >= 15 is 0 Å². The molecule has 2 nitrogen and oxygen atoms in total. The summed E-state index contributed by atoms with van der Waals surface area (Å²) in [5, 5.41) is 8.24. The zero-order valence-electron chi connectivity index (χ0n) is 5.33. The molecule has 0 saturated heterocycles. The van der Waals surface area contributed by atoms with Gasteiger partial charge in [0.15, 0.2) is 0 Å². The Bertz CT molecular complexity index is 169. The summed E-state index contributed by atoms with van der Waals surface area (Å²) in [6, 6.07) is 0. The molecule has 2 heteroatoms. The molecule has 9 heavy (non-hydrogen) atoms. The van der Waals surface area contributed by atoms with Crippen LogP contribution in [0.15, 0.2) is 29.0 Å². The standard InChI is InChI=1S/C7H9NO/c1-8-6-4-2-3-5-7-9/h2-3,5,9H,7H2,1H3/b5-3-. The van der Waals surface area contributed by atoms with E-state index in [4.69, 9.17) is 5.11 Å². The number of rotatable bonds is 2. The Kier molecular flexibility index (Phi) is 6.11. The van der Waals surface area contributed by atoms with E-state index in [0.29, 0.717) is 0 Å². The van der Waals surface area contributed by atoms with E-state index in [1.165, 1.54) is 0 Å². The summed E-state index contributed by atoms with van der Waals surface area (Å²) in [5.74, 6) is 2.49. The maximum Gasteiger partial charge on any atom is 0.0615 e. The second-order valence-electron chi connectivity index (χ2n) is 1.26. The fourth-order valence-electron chi connectivity index (χ4n) is 0.279. The Morgan fingerprint density at radius 3 is 3.00 bits per heavy atom. The van der Waals surface area contributed by atoms with Crippen molar-refractivity contribution < 1.29 is 5.11 Å². The van der Waals surface area contributed by atoms with Crippen molar-refractivity contribution >= 4 is 5.87 Å². The van der Waals surface area contributed by atoms with Crippen LogP contribution in [0.5, 0.6) is 0 Å². The van der Waals surface area contributed by atoms with E-state index < -0.39 is 0 Å². The molecule has 0 aromatic carbocycles. The van der Waals surface area contributed by atoms with Gasteiger partial charge in [-0.05, 0) is 6.08 Å². The molecule has 0 aromatic rings. The lowest BCUT2D eigenvalue weighted by Crippen LogP contribution is -1.66. The third kappa shape index (κ3) is 6.93. The fourth-order valence-corrected chi connectivity index (χ4v) is 0.279. The van der Waals surface area contributed by atoms with Crippen molar-refractivity contribution in [3.63, 3.8) is 0 Å². The number of aliphatic hydroxyl groups excluding tert-OH is 1. The van der Waals surface area contributed by atoms with Gasteiger partial charge in [-0.2, -0.15) is 0 Å². The summed E-state index contributed by atoms with van der Waals surface area (Å²) >= 11 is 0. The van der Waals surface area contributed by atoms with E-state index in [0.717, 1.165) is 0 Å². The van der Waals surface area contributed by atoms with Crippen molar-refractivity contribution in [3.05, 3.63) is 24.0 Å². The Hall–Kier alpha value is -1.07. The Balaban J connectivity index is 3.73. The lowest BCUT2D eigenvalue weighted by Gasteiger charge is -1.68. The highest BCUT2D eigenvalue weighted by Crippen LogP contribution is 1.69. The monoisotopic (exact) mass is 123 g/mol. The molecule has 0 atom stereocenters. The van der Waals surface area contributed by atoms with Crippen LogP contribution >= 0.6 is 0 Å². The van der Waals surface area contributed by atoms with Gasteiger partial charge in [0.05, 0.1) is 6.61 Å². The number of hydrogen-bond acceptors (Lipinski definition) is 2. The van der Waals surface area contributed by atoms with Crippen molar-refractivity contribution in [1.29, 1.82) is 0 Å². The molecule has 0 aromatic heterocycles. The van der Waals surface area contributed by atoms with Crippen LogP contribution in [-0.4, -0.2) is 24.6 Å². The number of allylic oxidation sites excluding steroid dienone is 2. The van der Waals surface area contributed by atoms with Gasteiger partial charge in [0.2, 0.25) is 0 Å². The minimum absolute atomic E-state index is 0.0570. The predicted molar refractivity (Wildman–Crippen MR) is 37.7 cm³/mol. The molecule has 0 amide bonds. The topological polar surface area (TPSA) is 32.6 Å². The number of nitrogens with zero attached hydrogens (tertiary/aromatic N) is 1. The van der Waals surface area contributed by atoms with Crippen LogP contribution in [-0.2, 0) is 0 Å². The quantitative estimate of drug-likeness (QED) is 0.324. The maximum atomic E-state index is 8.24. The largest absolute Gasteiger partial charge is 0.392 e. The van der Waals surface area contributed by atoms with Crippen molar-refractivity contribution in [2.45, 2.75) is 0 Å². The summed E-state index contributed by atoms with van der Waals surface area (Å²) in [6.45, 7) is 0.0570. The Morgan fingerprint density at radius 1 is 1.67 bits per heavy atom. The normalized spacial score (nSPS) is 8.22. The van der Waals surface area contributed by atoms with Crippen LogP contribution in [0, 0.1) is 0 Å². The van der Waals surface area contributed by atoms with E-state index in [1.54, 1.807) is 25.3 Å². The first-order valence-electron chi connectivity index (χ1n) is 2.60. The number of aliphatic hydroxyl groups is 1. The molecule has 0 bridgehead atoms. The summed E-state index contributed by atoms with van der Waals surface area (Å²) in [5.41, 5.74) is 2.63. The molecule has 0 rings (SSSR count). The van der Waals surface area contributed by atoms with Crippen LogP contribution in [0.1, 0.15) is 0 Å².